The first-order valence-corrected chi connectivity index (χ1v) is 6.88. The largest absolute Gasteiger partial charge is 0.361 e. The van der Waals surface area contributed by atoms with Gasteiger partial charge in [-0.2, -0.15) is 4.39 Å². The number of hydrogen-bond acceptors (Lipinski definition) is 3. The van der Waals surface area contributed by atoms with Crippen LogP contribution in [0.4, 0.5) is 4.39 Å². The normalized spacial score (nSPS) is 11.8. The van der Waals surface area contributed by atoms with Gasteiger partial charge in [0.05, 0.1) is 17.6 Å². The number of aryl methyl sites for hydroxylation is 1. The molecule has 102 valence electrons. The Kier molecular flexibility index (Phi) is 4.15. The Morgan fingerprint density at radius 1 is 1.42 bits per heavy atom. The van der Waals surface area contributed by atoms with Crippen LogP contribution in [0, 0.1) is 6.92 Å². The topological polar surface area (TPSA) is 39.8 Å². The lowest BCUT2D eigenvalue weighted by Crippen LogP contribution is -2.22. The van der Waals surface area contributed by atoms with Crippen molar-refractivity contribution in [2.45, 2.75) is 10.8 Å². The van der Waals surface area contributed by atoms with Crippen LogP contribution < -0.4 is 5.69 Å². The molecule has 0 fully saturated rings. The van der Waals surface area contributed by atoms with Crippen LogP contribution in [0.3, 0.4) is 0 Å². The summed E-state index contributed by atoms with van der Waals surface area (Å²) < 4.78 is 12.5. The third kappa shape index (κ3) is 3.45. The van der Waals surface area contributed by atoms with Gasteiger partial charge in [-0.15, -0.1) is 9.19 Å². The number of halogens is 4. The number of rotatable bonds is 3. The van der Waals surface area contributed by atoms with E-state index in [1.807, 2.05) is 0 Å². The third-order valence-electron chi connectivity index (χ3n) is 2.25. The van der Waals surface area contributed by atoms with Crippen molar-refractivity contribution in [2.24, 2.45) is 0 Å². The molecule has 0 N–H and O–H groups in total. The second-order valence-electron chi connectivity index (χ2n) is 3.62. The van der Waals surface area contributed by atoms with E-state index >= 15 is 0 Å². The Hall–Kier alpha value is -0.690. The quantitative estimate of drug-likeness (QED) is 0.801. The van der Waals surface area contributed by atoms with Crippen molar-refractivity contribution in [3.8, 4) is 5.69 Å². The molecular weight excluding hydrogens is 336 g/mol. The van der Waals surface area contributed by atoms with Crippen molar-refractivity contribution in [3.05, 3.63) is 45.6 Å². The van der Waals surface area contributed by atoms with E-state index in [4.69, 9.17) is 34.8 Å². The van der Waals surface area contributed by atoms with Gasteiger partial charge in [-0.25, -0.2) is 9.36 Å². The molecule has 4 nitrogen and oxygen atoms in total. The smallest absolute Gasteiger partial charge is 0.249 e. The van der Waals surface area contributed by atoms with E-state index in [-0.39, 0.29) is 11.9 Å². The fraction of sp³-hybridized carbons (Fsp3) is 0.200. The van der Waals surface area contributed by atoms with Crippen molar-refractivity contribution in [2.75, 3.05) is 0 Å². The van der Waals surface area contributed by atoms with Crippen LogP contribution in [0.2, 0.25) is 5.02 Å². The van der Waals surface area contributed by atoms with E-state index in [1.165, 1.54) is 10.9 Å². The Bertz CT molecular complexity index is 665. The van der Waals surface area contributed by atoms with Crippen LogP contribution >= 0.6 is 46.8 Å². The van der Waals surface area contributed by atoms with Gasteiger partial charge in [0.25, 0.3) is 0 Å². The van der Waals surface area contributed by atoms with Crippen LogP contribution in [0.15, 0.2) is 29.3 Å². The molecule has 1 heterocycles. The molecule has 1 aromatic heterocycles. The minimum atomic E-state index is -2.63. The highest BCUT2D eigenvalue weighted by atomic mass is 35.5. The van der Waals surface area contributed by atoms with E-state index in [2.05, 4.69) is 5.10 Å². The number of aromatic nitrogens is 3. The predicted molar refractivity (Wildman–Crippen MR) is 76.1 cm³/mol. The molecule has 0 bridgehead atoms. The van der Waals surface area contributed by atoms with Gasteiger partial charge in [0.15, 0.2) is 0 Å². The molecule has 2 rings (SSSR count). The van der Waals surface area contributed by atoms with Crippen molar-refractivity contribution in [1.82, 2.24) is 13.8 Å². The maximum absolute atomic E-state index is 13.1. The van der Waals surface area contributed by atoms with Gasteiger partial charge in [0, 0.05) is 5.02 Å². The molecule has 1 aromatic carbocycles. The monoisotopic (exact) mass is 341 g/mol. The summed E-state index contributed by atoms with van der Waals surface area (Å²) in [7, 11) is 0. The predicted octanol–water partition coefficient (Wildman–Crippen LogP) is 3.55. The van der Waals surface area contributed by atoms with E-state index in [9.17, 15) is 9.18 Å². The summed E-state index contributed by atoms with van der Waals surface area (Å²) in [5.41, 5.74) is 0.802. The number of alkyl halides is 3. The van der Waals surface area contributed by atoms with Gasteiger partial charge in [-0.05, 0) is 30.7 Å². The molecule has 0 atom stereocenters. The lowest BCUT2D eigenvalue weighted by atomic mass is 10.2. The average Bonchev–Trinajstić information content (AvgIpc) is 2.59. The van der Waals surface area contributed by atoms with Crippen LogP contribution in [-0.2, 0) is 0 Å². The van der Waals surface area contributed by atoms with Crippen LogP contribution in [0.5, 0.6) is 0 Å². The Morgan fingerprint density at radius 2 is 2.11 bits per heavy atom. The summed E-state index contributed by atoms with van der Waals surface area (Å²) in [4.78, 5) is 12.0. The van der Waals surface area contributed by atoms with Crippen LogP contribution in [0.25, 0.3) is 5.69 Å². The molecule has 0 radical (unpaired) electrons. The summed E-state index contributed by atoms with van der Waals surface area (Å²) in [5, 5.41) is 4.29. The highest BCUT2D eigenvalue weighted by Crippen LogP contribution is 2.35. The van der Waals surface area contributed by atoms with Gasteiger partial charge in [0.2, 0.25) is 0 Å². The van der Waals surface area contributed by atoms with Gasteiger partial charge in [-0.3, -0.25) is 0 Å². The lowest BCUT2D eigenvalue weighted by molar-refractivity contribution is 0.513. The van der Waals surface area contributed by atoms with E-state index in [1.54, 1.807) is 25.1 Å². The molecule has 0 saturated carbocycles. The SMILES string of the molecule is Cc1cc(Cl)ccc1-n1cnn(SC(F)(Cl)Cl)c1=O. The molecule has 0 amide bonds. The highest BCUT2D eigenvalue weighted by molar-refractivity contribution is 8.01. The van der Waals surface area contributed by atoms with Crippen LogP contribution in [-0.4, -0.2) is 17.7 Å². The molecule has 2 aromatic rings. The highest BCUT2D eigenvalue weighted by Gasteiger charge is 2.27. The molecule has 9 heteroatoms. The first-order valence-electron chi connectivity index (χ1n) is 4.97. The molecule has 19 heavy (non-hydrogen) atoms. The standard InChI is InChI=1S/C10H7Cl3FN3OS/c1-6-4-7(11)2-3-8(6)16-5-15-17(9(16)18)19-10(12,13)14/h2-5H,1H3. The molecular formula is C10H7Cl3FN3OS. The van der Waals surface area contributed by atoms with E-state index < -0.39 is 9.61 Å². The summed E-state index contributed by atoms with van der Waals surface area (Å²) in [6.45, 7) is 1.79. The molecule has 0 aliphatic rings. The molecule has 0 spiro atoms. The maximum Gasteiger partial charge on any atom is 0.361 e. The lowest BCUT2D eigenvalue weighted by Gasteiger charge is -2.07. The van der Waals surface area contributed by atoms with Gasteiger partial charge in [0.1, 0.15) is 6.33 Å². The Balaban J connectivity index is 2.45. The summed E-state index contributed by atoms with van der Waals surface area (Å²) in [5.74, 6) is 0. The van der Waals surface area contributed by atoms with Crippen molar-refractivity contribution >= 4 is 46.8 Å². The van der Waals surface area contributed by atoms with Crippen molar-refractivity contribution < 1.29 is 4.39 Å². The zero-order valence-corrected chi connectivity index (χ0v) is 12.6. The van der Waals surface area contributed by atoms with E-state index in [0.717, 1.165) is 9.65 Å². The van der Waals surface area contributed by atoms with Gasteiger partial charge < -0.3 is 0 Å². The Labute approximate surface area is 127 Å². The fourth-order valence-electron chi connectivity index (χ4n) is 1.50. The first-order chi connectivity index (χ1) is 8.78. The third-order valence-corrected chi connectivity index (χ3v) is 3.53. The minimum absolute atomic E-state index is 0.262. The second-order valence-corrected chi connectivity index (χ2v) is 6.84. The molecule has 0 aliphatic carbocycles. The molecule has 0 aliphatic heterocycles. The summed E-state index contributed by atoms with van der Waals surface area (Å²) in [6.07, 6.45) is 1.26. The molecule has 0 saturated heterocycles. The zero-order chi connectivity index (χ0) is 14.2. The summed E-state index contributed by atoms with van der Waals surface area (Å²) in [6, 6.07) is 5.01. The Morgan fingerprint density at radius 3 is 2.68 bits per heavy atom. The van der Waals surface area contributed by atoms with E-state index in [0.29, 0.717) is 10.7 Å². The number of benzene rings is 1. The minimum Gasteiger partial charge on any atom is -0.249 e. The van der Waals surface area contributed by atoms with Gasteiger partial charge >= 0.3 is 9.61 Å². The average molecular weight is 343 g/mol. The van der Waals surface area contributed by atoms with Crippen molar-refractivity contribution in [3.63, 3.8) is 0 Å². The van der Waals surface area contributed by atoms with Gasteiger partial charge in [-0.1, -0.05) is 34.8 Å². The fourth-order valence-corrected chi connectivity index (χ4v) is 2.57. The zero-order valence-electron chi connectivity index (χ0n) is 9.48. The maximum atomic E-state index is 13.1. The molecule has 0 unspecified atom stereocenters. The summed E-state index contributed by atoms with van der Waals surface area (Å²) >= 11 is 16.5. The van der Waals surface area contributed by atoms with Crippen molar-refractivity contribution in [1.29, 1.82) is 0 Å². The first kappa shape index (κ1) is 14.7. The number of hydrogen-bond donors (Lipinski definition) is 0. The number of nitrogens with zero attached hydrogens (tertiary/aromatic N) is 3. The second kappa shape index (κ2) is 5.36. The van der Waals surface area contributed by atoms with Crippen LogP contribution in [0.1, 0.15) is 5.56 Å².